The number of nitrogens with zero attached hydrogens (tertiary/aromatic N) is 1. The molecule has 0 spiro atoms. The zero-order valence-corrected chi connectivity index (χ0v) is 17.0. The Kier molecular flexibility index (Phi) is 4.99. The molecule has 1 amide bonds. The molecule has 6 heteroatoms. The third-order valence-electron chi connectivity index (χ3n) is 5.25. The van der Waals surface area contributed by atoms with Crippen LogP contribution >= 0.6 is 0 Å². The van der Waals surface area contributed by atoms with E-state index in [1.54, 1.807) is 4.90 Å². The van der Waals surface area contributed by atoms with Crippen LogP contribution in [-0.2, 0) is 4.74 Å². The van der Waals surface area contributed by atoms with Crippen molar-refractivity contribution in [3.63, 3.8) is 0 Å². The van der Waals surface area contributed by atoms with Crippen molar-refractivity contribution in [1.29, 1.82) is 0 Å². The van der Waals surface area contributed by atoms with Gasteiger partial charge in [0.2, 0.25) is 0 Å². The minimum atomic E-state index is -1.04. The summed E-state index contributed by atoms with van der Waals surface area (Å²) in [4.78, 5) is 14.2. The number of ether oxygens (including phenoxy) is 1. The first-order chi connectivity index (χ1) is 11.1. The number of hydrogen-bond donors (Lipinski definition) is 3. The fourth-order valence-electron chi connectivity index (χ4n) is 4.83. The smallest absolute Gasteiger partial charge is 0.410 e. The van der Waals surface area contributed by atoms with Crippen LogP contribution in [0.4, 0.5) is 4.79 Å². The molecule has 0 radical (unpaired) electrons. The Hall–Kier alpha value is -0.850. The van der Waals surface area contributed by atoms with Gasteiger partial charge in [0.05, 0.1) is 11.1 Å². The van der Waals surface area contributed by atoms with Crippen LogP contribution in [0, 0.1) is 0 Å². The second-order valence-electron chi connectivity index (χ2n) is 10.4. The van der Waals surface area contributed by atoms with Gasteiger partial charge in [-0.2, -0.15) is 0 Å². The average molecular weight is 356 g/mol. The minimum absolute atomic E-state index is 0.225. The molecule has 2 aliphatic rings. The first-order valence-corrected chi connectivity index (χ1v) is 9.35. The van der Waals surface area contributed by atoms with Crippen molar-refractivity contribution < 1.29 is 14.6 Å². The maximum atomic E-state index is 12.5. The third kappa shape index (κ3) is 4.66. The first-order valence-electron chi connectivity index (χ1n) is 9.35. The standard InChI is InChI=1S/C19H37N3O3/c1-15(2,3)25-14(23)22-10-8-9-18(20,13-22)19(24)11-16(4,5)21-17(6,7)12-19/h21,24H,8-13,20H2,1-7H3. The predicted molar refractivity (Wildman–Crippen MR) is 99.4 cm³/mol. The van der Waals surface area contributed by atoms with Crippen molar-refractivity contribution >= 4 is 6.09 Å². The number of likely N-dealkylation sites (tertiary alicyclic amines) is 1. The van der Waals surface area contributed by atoms with Crippen molar-refractivity contribution in [1.82, 2.24) is 10.2 Å². The number of carbonyl (C=O) groups excluding carboxylic acids is 1. The molecule has 6 nitrogen and oxygen atoms in total. The zero-order valence-electron chi connectivity index (χ0n) is 17.0. The van der Waals surface area contributed by atoms with Gasteiger partial charge in [-0.05, 0) is 74.1 Å². The summed E-state index contributed by atoms with van der Waals surface area (Å²) in [5.74, 6) is 0. The van der Waals surface area contributed by atoms with Crippen LogP contribution in [0.25, 0.3) is 0 Å². The van der Waals surface area contributed by atoms with Gasteiger partial charge in [0.1, 0.15) is 5.60 Å². The Morgan fingerprint density at radius 1 is 1.16 bits per heavy atom. The zero-order chi connectivity index (χ0) is 19.3. The van der Waals surface area contributed by atoms with Crippen molar-refractivity contribution in [3.05, 3.63) is 0 Å². The number of amides is 1. The maximum absolute atomic E-state index is 12.5. The second kappa shape index (κ2) is 6.10. The molecule has 4 N–H and O–H groups in total. The highest BCUT2D eigenvalue weighted by Crippen LogP contribution is 2.44. The molecule has 0 bridgehead atoms. The Balaban J connectivity index is 2.23. The Morgan fingerprint density at radius 2 is 1.68 bits per heavy atom. The summed E-state index contributed by atoms with van der Waals surface area (Å²) in [6, 6.07) is 0. The lowest BCUT2D eigenvalue weighted by atomic mass is 9.62. The Morgan fingerprint density at radius 3 is 2.16 bits per heavy atom. The van der Waals surface area contributed by atoms with Crippen LogP contribution in [0.15, 0.2) is 0 Å². The molecule has 2 aliphatic heterocycles. The van der Waals surface area contributed by atoms with Crippen LogP contribution in [0.3, 0.4) is 0 Å². The van der Waals surface area contributed by atoms with Crippen LogP contribution in [-0.4, -0.2) is 57.0 Å². The molecule has 1 unspecified atom stereocenters. The highest BCUT2D eigenvalue weighted by atomic mass is 16.6. The average Bonchev–Trinajstić information content (AvgIpc) is 2.32. The van der Waals surface area contributed by atoms with E-state index in [9.17, 15) is 9.90 Å². The van der Waals surface area contributed by atoms with Crippen LogP contribution in [0.5, 0.6) is 0 Å². The lowest BCUT2D eigenvalue weighted by Gasteiger charge is -2.58. The number of aliphatic hydroxyl groups is 1. The van der Waals surface area contributed by atoms with Crippen LogP contribution in [0.1, 0.15) is 74.1 Å². The van der Waals surface area contributed by atoms with Crippen molar-refractivity contribution in [3.8, 4) is 0 Å². The molecule has 0 aromatic rings. The number of nitrogens with one attached hydrogen (secondary N) is 1. The molecule has 2 rings (SSSR count). The van der Waals surface area contributed by atoms with Gasteiger partial charge in [0.15, 0.2) is 0 Å². The van der Waals surface area contributed by atoms with E-state index in [-0.39, 0.29) is 17.2 Å². The van der Waals surface area contributed by atoms with Gasteiger partial charge >= 0.3 is 6.09 Å². The highest BCUT2D eigenvalue weighted by Gasteiger charge is 2.57. The van der Waals surface area contributed by atoms with Crippen molar-refractivity contribution in [2.75, 3.05) is 13.1 Å². The van der Waals surface area contributed by atoms with Crippen molar-refractivity contribution in [2.24, 2.45) is 5.73 Å². The number of nitrogens with two attached hydrogens (primary N) is 1. The molecule has 0 aliphatic carbocycles. The fraction of sp³-hybridized carbons (Fsp3) is 0.947. The van der Waals surface area contributed by atoms with Gasteiger partial charge < -0.3 is 25.8 Å². The lowest BCUT2D eigenvalue weighted by molar-refractivity contribution is -0.125. The van der Waals surface area contributed by atoms with E-state index in [1.165, 1.54) is 0 Å². The molecular weight excluding hydrogens is 318 g/mol. The third-order valence-corrected chi connectivity index (χ3v) is 5.25. The van der Waals surface area contributed by atoms with E-state index in [2.05, 4.69) is 33.0 Å². The van der Waals surface area contributed by atoms with Crippen LogP contribution < -0.4 is 11.1 Å². The number of rotatable bonds is 1. The summed E-state index contributed by atoms with van der Waals surface area (Å²) in [5, 5.41) is 15.2. The molecular formula is C19H37N3O3. The molecule has 2 heterocycles. The quantitative estimate of drug-likeness (QED) is 0.672. The number of hydrogen-bond acceptors (Lipinski definition) is 5. The van der Waals surface area contributed by atoms with Gasteiger partial charge in [-0.3, -0.25) is 0 Å². The lowest BCUT2D eigenvalue weighted by Crippen LogP contribution is -2.75. The molecule has 1 atom stereocenters. The van der Waals surface area contributed by atoms with E-state index in [1.807, 2.05) is 20.8 Å². The van der Waals surface area contributed by atoms with Gasteiger partial charge in [0.25, 0.3) is 0 Å². The van der Waals surface area contributed by atoms with Crippen molar-refractivity contribution in [2.45, 2.75) is 102 Å². The maximum Gasteiger partial charge on any atom is 0.410 e. The largest absolute Gasteiger partial charge is 0.444 e. The second-order valence-corrected chi connectivity index (χ2v) is 10.4. The minimum Gasteiger partial charge on any atom is -0.444 e. The summed E-state index contributed by atoms with van der Waals surface area (Å²) in [5.41, 5.74) is 3.91. The highest BCUT2D eigenvalue weighted by molar-refractivity contribution is 5.68. The molecule has 0 saturated carbocycles. The molecule has 146 valence electrons. The predicted octanol–water partition coefficient (Wildman–Crippen LogP) is 2.39. The summed E-state index contributed by atoms with van der Waals surface area (Å²) in [6.45, 7) is 14.9. The summed E-state index contributed by atoms with van der Waals surface area (Å²) in [7, 11) is 0. The van der Waals surface area contributed by atoms with E-state index < -0.39 is 16.7 Å². The van der Waals surface area contributed by atoms with E-state index >= 15 is 0 Å². The number of carbonyl (C=O) groups is 1. The summed E-state index contributed by atoms with van der Waals surface area (Å²) in [6.07, 6.45) is 2.24. The normalized spacial score (nSPS) is 31.5. The summed E-state index contributed by atoms with van der Waals surface area (Å²) >= 11 is 0. The van der Waals surface area contributed by atoms with E-state index in [4.69, 9.17) is 10.5 Å². The number of piperidine rings is 2. The van der Waals surface area contributed by atoms with Gasteiger partial charge in [-0.1, -0.05) is 0 Å². The van der Waals surface area contributed by atoms with Gasteiger partial charge in [-0.25, -0.2) is 4.79 Å². The van der Waals surface area contributed by atoms with Gasteiger partial charge in [-0.15, -0.1) is 0 Å². The topological polar surface area (TPSA) is 87.8 Å². The molecule has 0 aromatic carbocycles. The Labute approximate surface area is 152 Å². The molecule has 25 heavy (non-hydrogen) atoms. The monoisotopic (exact) mass is 355 g/mol. The molecule has 2 fully saturated rings. The SMILES string of the molecule is CC1(C)CC(O)(C2(N)CCCN(C(=O)OC(C)(C)C)C2)CC(C)(C)N1. The first kappa shape index (κ1) is 20.5. The van der Waals surface area contributed by atoms with Gasteiger partial charge in [0, 0.05) is 24.2 Å². The fourth-order valence-corrected chi connectivity index (χ4v) is 4.83. The Bertz CT molecular complexity index is 508. The van der Waals surface area contributed by atoms with Crippen LogP contribution in [0.2, 0.25) is 0 Å². The molecule has 0 aromatic heterocycles. The van der Waals surface area contributed by atoms with E-state index in [0.29, 0.717) is 32.4 Å². The summed E-state index contributed by atoms with van der Waals surface area (Å²) < 4.78 is 5.51. The van der Waals surface area contributed by atoms with E-state index in [0.717, 1.165) is 6.42 Å². The molecule has 2 saturated heterocycles.